The van der Waals surface area contributed by atoms with Crippen molar-refractivity contribution in [2.24, 2.45) is 0 Å². The van der Waals surface area contributed by atoms with Crippen molar-refractivity contribution < 1.29 is 28.5 Å². The van der Waals surface area contributed by atoms with Gasteiger partial charge in [0.1, 0.15) is 17.2 Å². The molecule has 0 heterocycles. The Morgan fingerprint density at radius 1 is 0.735 bits per heavy atom. The Labute approximate surface area is 198 Å². The maximum Gasteiger partial charge on any atom is 0.272 e. The number of carbonyl (C=O) groups is 2. The van der Waals surface area contributed by atoms with E-state index in [4.69, 9.17) is 18.9 Å². The highest BCUT2D eigenvalue weighted by atomic mass is 16.5. The number of carbonyl (C=O) groups excluding carboxylic acids is 2. The predicted molar refractivity (Wildman–Crippen MR) is 130 cm³/mol. The monoisotopic (exact) mass is 462 g/mol. The Bertz CT molecular complexity index is 1190. The largest absolute Gasteiger partial charge is 0.497 e. The van der Waals surface area contributed by atoms with Crippen LogP contribution in [0.5, 0.6) is 23.0 Å². The fourth-order valence-electron chi connectivity index (χ4n) is 3.13. The minimum Gasteiger partial charge on any atom is -0.497 e. The molecule has 0 aliphatic carbocycles. The third kappa shape index (κ3) is 5.86. The summed E-state index contributed by atoms with van der Waals surface area (Å²) >= 11 is 0. The molecule has 176 valence electrons. The normalized spacial score (nSPS) is 10.8. The van der Waals surface area contributed by atoms with Gasteiger partial charge in [0.2, 0.25) is 0 Å². The molecule has 0 saturated heterocycles. The van der Waals surface area contributed by atoms with E-state index in [1.165, 1.54) is 27.4 Å². The fraction of sp³-hybridized carbons (Fsp3) is 0.154. The summed E-state index contributed by atoms with van der Waals surface area (Å²) in [4.78, 5) is 26.2. The summed E-state index contributed by atoms with van der Waals surface area (Å²) in [5, 5.41) is 5.48. The van der Waals surface area contributed by atoms with Gasteiger partial charge in [0.05, 0.1) is 34.1 Å². The number of anilines is 1. The molecule has 2 N–H and O–H groups in total. The minimum atomic E-state index is -0.519. The van der Waals surface area contributed by atoms with E-state index in [0.717, 1.165) is 0 Å². The summed E-state index contributed by atoms with van der Waals surface area (Å²) in [7, 11) is 6.07. The fourth-order valence-corrected chi connectivity index (χ4v) is 3.13. The summed E-state index contributed by atoms with van der Waals surface area (Å²) in [5.41, 5.74) is 1.49. The number of benzene rings is 3. The van der Waals surface area contributed by atoms with Crippen LogP contribution < -0.4 is 29.6 Å². The first-order chi connectivity index (χ1) is 16.5. The molecule has 0 radical (unpaired) electrons. The maximum absolute atomic E-state index is 13.2. The van der Waals surface area contributed by atoms with E-state index in [9.17, 15) is 9.59 Å². The number of rotatable bonds is 9. The average Bonchev–Trinajstić information content (AvgIpc) is 2.88. The van der Waals surface area contributed by atoms with Crippen molar-refractivity contribution in [2.75, 3.05) is 33.8 Å². The number of ether oxygens (including phenoxy) is 4. The molecule has 0 atom stereocenters. The number of hydrogen-bond acceptors (Lipinski definition) is 6. The van der Waals surface area contributed by atoms with Crippen LogP contribution in [0.1, 0.15) is 15.9 Å². The molecule has 3 aromatic carbocycles. The number of methoxy groups -OCH3 is 4. The molecule has 0 fully saturated rings. The first kappa shape index (κ1) is 24.2. The molecular weight excluding hydrogens is 436 g/mol. The molecule has 0 aliphatic rings. The Morgan fingerprint density at radius 2 is 1.41 bits per heavy atom. The van der Waals surface area contributed by atoms with Gasteiger partial charge in [0.25, 0.3) is 11.8 Å². The van der Waals surface area contributed by atoms with Gasteiger partial charge in [-0.3, -0.25) is 9.59 Å². The zero-order valence-electron chi connectivity index (χ0n) is 19.4. The van der Waals surface area contributed by atoms with E-state index < -0.39 is 11.8 Å². The smallest absolute Gasteiger partial charge is 0.272 e. The highest BCUT2D eigenvalue weighted by Crippen LogP contribution is 2.28. The van der Waals surface area contributed by atoms with Crippen molar-refractivity contribution in [1.29, 1.82) is 0 Å². The molecule has 3 aromatic rings. The first-order valence-corrected chi connectivity index (χ1v) is 10.3. The third-order valence-corrected chi connectivity index (χ3v) is 4.92. The van der Waals surface area contributed by atoms with Crippen LogP contribution in [0.25, 0.3) is 6.08 Å². The van der Waals surface area contributed by atoms with Crippen LogP contribution in [0, 0.1) is 0 Å². The molecule has 2 amide bonds. The van der Waals surface area contributed by atoms with Crippen LogP contribution in [0.15, 0.2) is 72.4 Å². The van der Waals surface area contributed by atoms with Gasteiger partial charge in [0, 0.05) is 5.56 Å². The lowest BCUT2D eigenvalue weighted by Crippen LogP contribution is -2.30. The van der Waals surface area contributed by atoms with Gasteiger partial charge in [0.15, 0.2) is 11.5 Å². The van der Waals surface area contributed by atoms with Crippen LogP contribution in [-0.2, 0) is 4.79 Å². The van der Waals surface area contributed by atoms with Crippen molar-refractivity contribution in [3.63, 3.8) is 0 Å². The highest BCUT2D eigenvalue weighted by Gasteiger charge is 2.18. The second-order valence-corrected chi connectivity index (χ2v) is 7.01. The van der Waals surface area contributed by atoms with E-state index in [1.807, 2.05) is 0 Å². The molecule has 8 heteroatoms. The van der Waals surface area contributed by atoms with Crippen LogP contribution in [0.4, 0.5) is 5.69 Å². The molecule has 0 bridgehead atoms. The van der Waals surface area contributed by atoms with Crippen LogP contribution in [-0.4, -0.2) is 40.3 Å². The number of amides is 2. The zero-order chi connectivity index (χ0) is 24.5. The standard InChI is InChI=1S/C26H26N2O6/c1-31-19-12-9-17(10-13-19)15-21(26(30)27-20-7-5-6-8-22(20)32-2)28-25(29)18-11-14-23(33-3)24(16-18)34-4/h5-16H,1-4H3,(H,27,30)(H,28,29). The van der Waals surface area contributed by atoms with E-state index in [-0.39, 0.29) is 5.70 Å². The number of nitrogens with one attached hydrogen (secondary N) is 2. The summed E-state index contributed by atoms with van der Waals surface area (Å²) in [6.07, 6.45) is 1.57. The van der Waals surface area contributed by atoms with Crippen LogP contribution in [0.3, 0.4) is 0 Å². The van der Waals surface area contributed by atoms with Gasteiger partial charge in [-0.1, -0.05) is 24.3 Å². The summed E-state index contributed by atoms with van der Waals surface area (Å²) in [6, 6.07) is 18.8. The highest BCUT2D eigenvalue weighted by molar-refractivity contribution is 6.11. The van der Waals surface area contributed by atoms with Gasteiger partial charge in [-0.15, -0.1) is 0 Å². The topological polar surface area (TPSA) is 95.1 Å². The van der Waals surface area contributed by atoms with E-state index in [0.29, 0.717) is 39.8 Å². The van der Waals surface area contributed by atoms with Crippen molar-refractivity contribution >= 4 is 23.6 Å². The maximum atomic E-state index is 13.2. The number of hydrogen-bond donors (Lipinski definition) is 2. The molecule has 0 aliphatic heterocycles. The lowest BCUT2D eigenvalue weighted by molar-refractivity contribution is -0.113. The van der Waals surface area contributed by atoms with E-state index >= 15 is 0 Å². The zero-order valence-corrected chi connectivity index (χ0v) is 19.4. The van der Waals surface area contributed by atoms with Crippen LogP contribution in [0.2, 0.25) is 0 Å². The minimum absolute atomic E-state index is 0.0378. The van der Waals surface area contributed by atoms with Gasteiger partial charge in [-0.05, 0) is 54.1 Å². The second kappa shape index (κ2) is 11.4. The summed E-state index contributed by atoms with van der Waals surface area (Å²) in [6.45, 7) is 0. The lowest BCUT2D eigenvalue weighted by Gasteiger charge is -2.14. The molecule has 8 nitrogen and oxygen atoms in total. The van der Waals surface area contributed by atoms with Crippen molar-refractivity contribution in [3.8, 4) is 23.0 Å². The van der Waals surface area contributed by atoms with Crippen molar-refractivity contribution in [3.05, 3.63) is 83.6 Å². The van der Waals surface area contributed by atoms with E-state index in [2.05, 4.69) is 10.6 Å². The van der Waals surface area contributed by atoms with Gasteiger partial charge >= 0.3 is 0 Å². The Hall–Kier alpha value is -4.46. The van der Waals surface area contributed by atoms with Gasteiger partial charge in [-0.2, -0.15) is 0 Å². The van der Waals surface area contributed by atoms with Crippen LogP contribution >= 0.6 is 0 Å². The second-order valence-electron chi connectivity index (χ2n) is 7.01. The van der Waals surface area contributed by atoms with Crippen molar-refractivity contribution in [2.45, 2.75) is 0 Å². The molecule has 0 aromatic heterocycles. The summed E-state index contributed by atoms with van der Waals surface area (Å²) < 4.78 is 21.0. The molecular formula is C26H26N2O6. The van der Waals surface area contributed by atoms with Crippen molar-refractivity contribution in [1.82, 2.24) is 5.32 Å². The van der Waals surface area contributed by atoms with Gasteiger partial charge < -0.3 is 29.6 Å². The SMILES string of the molecule is COc1ccc(C=C(NC(=O)c2ccc(OC)c(OC)c2)C(=O)Nc2ccccc2OC)cc1. The molecule has 34 heavy (non-hydrogen) atoms. The Morgan fingerprint density at radius 3 is 2.06 bits per heavy atom. The molecule has 0 saturated carbocycles. The molecule has 0 unspecified atom stereocenters. The Balaban J connectivity index is 1.93. The predicted octanol–water partition coefficient (Wildman–Crippen LogP) is 4.13. The average molecular weight is 463 g/mol. The quantitative estimate of drug-likeness (QED) is 0.465. The first-order valence-electron chi connectivity index (χ1n) is 10.3. The third-order valence-electron chi connectivity index (χ3n) is 4.92. The number of para-hydroxylation sites is 2. The van der Waals surface area contributed by atoms with E-state index in [1.54, 1.807) is 73.8 Å². The molecule has 3 rings (SSSR count). The summed E-state index contributed by atoms with van der Waals surface area (Å²) in [5.74, 6) is 1.04. The lowest BCUT2D eigenvalue weighted by atomic mass is 10.1. The molecule has 0 spiro atoms. The van der Waals surface area contributed by atoms with Gasteiger partial charge in [-0.25, -0.2) is 0 Å². The Kier molecular flexibility index (Phi) is 8.12.